The van der Waals surface area contributed by atoms with Crippen molar-refractivity contribution in [1.29, 1.82) is 0 Å². The van der Waals surface area contributed by atoms with E-state index in [0.29, 0.717) is 0 Å². The normalized spacial score (nSPS) is 14.3. The number of amides is 1. The maximum Gasteiger partial charge on any atom is 0.254 e. The zero-order chi connectivity index (χ0) is 16.5. The van der Waals surface area contributed by atoms with Gasteiger partial charge in [0.2, 0.25) is 0 Å². The second kappa shape index (κ2) is 6.04. The Morgan fingerprint density at radius 1 is 1.00 bits per heavy atom. The van der Waals surface area contributed by atoms with Crippen LogP contribution in [0.5, 0.6) is 0 Å². The van der Waals surface area contributed by atoms with Crippen LogP contribution in [0, 0.1) is 6.92 Å². The summed E-state index contributed by atoms with van der Waals surface area (Å²) in [7, 11) is 0. The van der Waals surface area contributed by atoms with Gasteiger partial charge in [0.15, 0.2) is 0 Å². The van der Waals surface area contributed by atoms with Gasteiger partial charge in [-0.3, -0.25) is 14.8 Å². The molecular weight excluding hydrogens is 298 g/mol. The first-order chi connectivity index (χ1) is 11.7. The quantitative estimate of drug-likeness (QED) is 0.721. The molecule has 0 unspecified atom stereocenters. The van der Waals surface area contributed by atoms with Crippen molar-refractivity contribution in [1.82, 2.24) is 14.9 Å². The highest BCUT2D eigenvalue weighted by molar-refractivity contribution is 5.98. The van der Waals surface area contributed by atoms with Crippen LogP contribution in [-0.2, 0) is 0 Å². The summed E-state index contributed by atoms with van der Waals surface area (Å²) in [6, 6.07) is 12.0. The Morgan fingerprint density at radius 3 is 2.54 bits per heavy atom. The van der Waals surface area contributed by atoms with Crippen molar-refractivity contribution in [3.8, 4) is 11.1 Å². The highest BCUT2D eigenvalue weighted by Gasteiger charge is 2.21. The van der Waals surface area contributed by atoms with Gasteiger partial charge in [-0.05, 0) is 54.7 Å². The fraction of sp³-hybridized carbons (Fsp3) is 0.250. The van der Waals surface area contributed by atoms with Gasteiger partial charge < -0.3 is 4.90 Å². The number of hydrogen-bond acceptors (Lipinski definition) is 3. The van der Waals surface area contributed by atoms with Crippen LogP contribution in [-0.4, -0.2) is 33.9 Å². The molecule has 120 valence electrons. The van der Waals surface area contributed by atoms with Crippen LogP contribution in [0.1, 0.15) is 28.8 Å². The summed E-state index contributed by atoms with van der Waals surface area (Å²) >= 11 is 0. The molecule has 0 spiro atoms. The first-order valence-electron chi connectivity index (χ1n) is 8.34. The average molecular weight is 317 g/mol. The van der Waals surface area contributed by atoms with Crippen LogP contribution < -0.4 is 0 Å². The monoisotopic (exact) mass is 317 g/mol. The van der Waals surface area contributed by atoms with E-state index in [9.17, 15) is 4.79 Å². The van der Waals surface area contributed by atoms with Crippen molar-refractivity contribution < 1.29 is 4.79 Å². The summed E-state index contributed by atoms with van der Waals surface area (Å²) in [5, 5.41) is 0. The molecular formula is C20H19N3O. The van der Waals surface area contributed by atoms with Gasteiger partial charge >= 0.3 is 0 Å². The Labute approximate surface area is 141 Å². The number of carbonyl (C=O) groups excluding carboxylic acids is 1. The Morgan fingerprint density at radius 2 is 1.75 bits per heavy atom. The predicted octanol–water partition coefficient (Wildman–Crippen LogP) is 3.84. The van der Waals surface area contributed by atoms with Crippen molar-refractivity contribution in [2.45, 2.75) is 19.8 Å². The van der Waals surface area contributed by atoms with E-state index in [0.717, 1.165) is 59.2 Å². The molecule has 0 aliphatic carbocycles. The molecule has 0 saturated carbocycles. The Hall–Kier alpha value is -2.75. The largest absolute Gasteiger partial charge is 0.339 e. The topological polar surface area (TPSA) is 46.1 Å². The van der Waals surface area contributed by atoms with Gasteiger partial charge in [0.05, 0.1) is 11.0 Å². The number of rotatable bonds is 2. The molecule has 1 amide bonds. The van der Waals surface area contributed by atoms with Crippen LogP contribution in [0.3, 0.4) is 0 Å². The molecule has 0 bridgehead atoms. The number of nitrogens with zero attached hydrogens (tertiary/aromatic N) is 3. The summed E-state index contributed by atoms with van der Waals surface area (Å²) in [5.74, 6) is 0.146. The highest BCUT2D eigenvalue weighted by Crippen LogP contribution is 2.28. The fourth-order valence-electron chi connectivity index (χ4n) is 3.40. The summed E-state index contributed by atoms with van der Waals surface area (Å²) in [6.07, 6.45) is 5.61. The first-order valence-corrected chi connectivity index (χ1v) is 8.34. The summed E-state index contributed by atoms with van der Waals surface area (Å²) < 4.78 is 0. The molecule has 2 aromatic carbocycles. The van der Waals surface area contributed by atoms with Crippen molar-refractivity contribution in [2.24, 2.45) is 0 Å². The zero-order valence-corrected chi connectivity index (χ0v) is 13.7. The number of hydrogen-bond donors (Lipinski definition) is 0. The molecule has 24 heavy (non-hydrogen) atoms. The lowest BCUT2D eigenvalue weighted by molar-refractivity contribution is 0.0792. The van der Waals surface area contributed by atoms with Gasteiger partial charge in [-0.25, -0.2) is 0 Å². The Kier molecular flexibility index (Phi) is 3.73. The van der Waals surface area contributed by atoms with E-state index in [4.69, 9.17) is 0 Å². The molecule has 1 aliphatic rings. The van der Waals surface area contributed by atoms with E-state index >= 15 is 0 Å². The number of likely N-dealkylation sites (tertiary alicyclic amines) is 1. The van der Waals surface area contributed by atoms with Crippen molar-refractivity contribution in [3.05, 3.63) is 59.9 Å². The number of benzene rings is 2. The van der Waals surface area contributed by atoms with Crippen LogP contribution in [0.25, 0.3) is 22.2 Å². The average Bonchev–Trinajstić information content (AvgIpc) is 3.16. The molecule has 1 aromatic heterocycles. The van der Waals surface area contributed by atoms with Crippen LogP contribution >= 0.6 is 0 Å². The molecule has 4 nitrogen and oxygen atoms in total. The molecule has 0 N–H and O–H groups in total. The second-order valence-electron chi connectivity index (χ2n) is 6.24. The van der Waals surface area contributed by atoms with Crippen LogP contribution in [0.4, 0.5) is 0 Å². The molecule has 0 atom stereocenters. The number of aromatic nitrogens is 2. The third-order valence-corrected chi connectivity index (χ3v) is 4.74. The first kappa shape index (κ1) is 14.8. The van der Waals surface area contributed by atoms with Gasteiger partial charge in [-0.15, -0.1) is 0 Å². The third-order valence-electron chi connectivity index (χ3n) is 4.74. The highest BCUT2D eigenvalue weighted by atomic mass is 16.2. The van der Waals surface area contributed by atoms with Gasteiger partial charge in [0.1, 0.15) is 0 Å². The van der Waals surface area contributed by atoms with E-state index in [1.165, 1.54) is 0 Å². The molecule has 3 aromatic rings. The van der Waals surface area contributed by atoms with Gasteiger partial charge in [-0.2, -0.15) is 0 Å². The second-order valence-corrected chi connectivity index (χ2v) is 6.24. The van der Waals surface area contributed by atoms with E-state index in [1.54, 1.807) is 12.4 Å². The maximum atomic E-state index is 12.8. The molecule has 1 aliphatic heterocycles. The van der Waals surface area contributed by atoms with Crippen molar-refractivity contribution in [3.63, 3.8) is 0 Å². The minimum absolute atomic E-state index is 0.146. The van der Waals surface area contributed by atoms with Gasteiger partial charge in [-0.1, -0.05) is 18.2 Å². The molecule has 4 heteroatoms. The van der Waals surface area contributed by atoms with Crippen LogP contribution in [0.2, 0.25) is 0 Å². The number of fused-ring (bicyclic) bond motifs is 1. The van der Waals surface area contributed by atoms with Gasteiger partial charge in [0, 0.05) is 31.0 Å². The van der Waals surface area contributed by atoms with Crippen molar-refractivity contribution >= 4 is 16.9 Å². The molecule has 4 rings (SSSR count). The Bertz CT molecular complexity index is 914. The molecule has 0 radical (unpaired) electrons. The Balaban J connectivity index is 1.77. The summed E-state index contributed by atoms with van der Waals surface area (Å²) in [4.78, 5) is 23.4. The van der Waals surface area contributed by atoms with Crippen molar-refractivity contribution in [2.75, 3.05) is 13.1 Å². The van der Waals surface area contributed by atoms with Gasteiger partial charge in [0.25, 0.3) is 5.91 Å². The summed E-state index contributed by atoms with van der Waals surface area (Å²) in [6.45, 7) is 3.77. The van der Waals surface area contributed by atoms with E-state index in [2.05, 4.69) is 16.0 Å². The molecule has 1 saturated heterocycles. The predicted molar refractivity (Wildman–Crippen MR) is 94.8 cm³/mol. The lowest BCUT2D eigenvalue weighted by Gasteiger charge is -2.18. The van der Waals surface area contributed by atoms with E-state index < -0.39 is 0 Å². The minimum atomic E-state index is 0.146. The van der Waals surface area contributed by atoms with E-state index in [-0.39, 0.29) is 5.91 Å². The maximum absolute atomic E-state index is 12.8. The van der Waals surface area contributed by atoms with E-state index in [1.807, 2.05) is 42.2 Å². The zero-order valence-electron chi connectivity index (χ0n) is 13.7. The van der Waals surface area contributed by atoms with Crippen LogP contribution in [0.15, 0.2) is 48.8 Å². The molecule has 1 fully saturated rings. The summed E-state index contributed by atoms with van der Waals surface area (Å²) in [5.41, 5.74) is 5.71. The SMILES string of the molecule is Cc1c(C(=O)N2CCCC2)cccc1-c1ccc2nccnc2c1. The standard InChI is InChI=1S/C20H19N3O/c1-14-16(15-7-8-18-19(13-15)22-10-9-21-18)5-4-6-17(14)20(24)23-11-2-3-12-23/h4-10,13H,2-3,11-12H2,1H3. The third kappa shape index (κ3) is 2.54. The fourth-order valence-corrected chi connectivity index (χ4v) is 3.40. The lowest BCUT2D eigenvalue weighted by Crippen LogP contribution is -2.28. The molecule has 2 heterocycles. The lowest BCUT2D eigenvalue weighted by atomic mass is 9.95. The minimum Gasteiger partial charge on any atom is -0.339 e. The smallest absolute Gasteiger partial charge is 0.254 e. The number of carbonyl (C=O) groups is 1.